The van der Waals surface area contributed by atoms with Crippen LogP contribution in [0.15, 0.2) is 24.3 Å². The number of nitrogens with two attached hydrogens (primary N) is 1. The predicted octanol–water partition coefficient (Wildman–Crippen LogP) is 2.85. The van der Waals surface area contributed by atoms with Gasteiger partial charge in [-0.25, -0.2) is 0 Å². The molecule has 0 fully saturated rings. The van der Waals surface area contributed by atoms with E-state index in [2.05, 4.69) is 12.2 Å². The van der Waals surface area contributed by atoms with Gasteiger partial charge in [-0.05, 0) is 37.6 Å². The molecule has 0 aromatic heterocycles. The summed E-state index contributed by atoms with van der Waals surface area (Å²) in [5, 5.41) is 2.80. The smallest absolute Gasteiger partial charge is 0.253 e. The third kappa shape index (κ3) is 5.67. The molecule has 1 atom stereocenters. The quantitative estimate of drug-likeness (QED) is 0.571. The highest BCUT2D eigenvalue weighted by Gasteiger charge is 2.13. The van der Waals surface area contributed by atoms with Crippen LogP contribution in [0.4, 0.5) is 5.69 Å². The average molecular weight is 294 g/mol. The summed E-state index contributed by atoms with van der Waals surface area (Å²) in [5.74, 6) is -0.149. The van der Waals surface area contributed by atoms with E-state index in [9.17, 15) is 4.79 Å². The molecule has 1 aromatic carbocycles. The second kappa shape index (κ2) is 8.66. The lowest BCUT2D eigenvalue weighted by molar-refractivity contribution is -0.126. The van der Waals surface area contributed by atoms with Crippen molar-refractivity contribution in [2.45, 2.75) is 39.2 Å². The Labute approximate surface area is 125 Å². The summed E-state index contributed by atoms with van der Waals surface area (Å²) in [6.45, 7) is 4.50. The lowest BCUT2D eigenvalue weighted by Gasteiger charge is -2.13. The molecule has 0 bridgehead atoms. The van der Waals surface area contributed by atoms with E-state index in [-0.39, 0.29) is 5.91 Å². The molecule has 0 saturated heterocycles. The number of carbonyl (C=O) groups excluding carboxylic acids is 1. The number of anilines is 1. The number of unbranched alkanes of at least 4 members (excludes halogenated alkanes) is 2. The highest BCUT2D eigenvalue weighted by Crippen LogP contribution is 2.10. The Kier molecular flexibility index (Phi) is 7.18. The van der Waals surface area contributed by atoms with E-state index in [4.69, 9.17) is 22.7 Å². The maximum absolute atomic E-state index is 11.9. The van der Waals surface area contributed by atoms with E-state index < -0.39 is 6.10 Å². The van der Waals surface area contributed by atoms with Gasteiger partial charge in [-0.2, -0.15) is 0 Å². The van der Waals surface area contributed by atoms with Crippen LogP contribution >= 0.6 is 12.2 Å². The minimum Gasteiger partial charge on any atom is -0.389 e. The first-order valence-corrected chi connectivity index (χ1v) is 7.27. The molecule has 4 nitrogen and oxygen atoms in total. The van der Waals surface area contributed by atoms with Crippen molar-refractivity contribution in [2.75, 3.05) is 11.9 Å². The standard InChI is InChI=1S/C15H22N2O2S/c1-3-4-5-10-19-11(2)15(18)17-13-8-6-12(7-9-13)14(16)20/h6-9,11H,3-5,10H2,1-2H3,(H2,16,20)(H,17,18). The Balaban J connectivity index is 2.42. The fourth-order valence-electron chi connectivity index (χ4n) is 1.65. The number of amides is 1. The van der Waals surface area contributed by atoms with Crippen LogP contribution in [0.1, 0.15) is 38.7 Å². The zero-order valence-electron chi connectivity index (χ0n) is 12.0. The van der Waals surface area contributed by atoms with Gasteiger partial charge < -0.3 is 15.8 Å². The highest BCUT2D eigenvalue weighted by molar-refractivity contribution is 7.80. The van der Waals surface area contributed by atoms with Crippen molar-refractivity contribution in [1.29, 1.82) is 0 Å². The molecule has 0 aliphatic heterocycles. The van der Waals surface area contributed by atoms with Crippen molar-refractivity contribution in [1.82, 2.24) is 0 Å². The predicted molar refractivity (Wildman–Crippen MR) is 85.9 cm³/mol. The van der Waals surface area contributed by atoms with E-state index in [1.54, 1.807) is 31.2 Å². The van der Waals surface area contributed by atoms with E-state index in [0.717, 1.165) is 24.8 Å². The number of nitrogens with one attached hydrogen (secondary N) is 1. The van der Waals surface area contributed by atoms with Crippen LogP contribution < -0.4 is 11.1 Å². The van der Waals surface area contributed by atoms with Crippen LogP contribution in [0, 0.1) is 0 Å². The van der Waals surface area contributed by atoms with E-state index in [0.29, 0.717) is 17.3 Å². The summed E-state index contributed by atoms with van der Waals surface area (Å²) >= 11 is 4.87. The largest absolute Gasteiger partial charge is 0.389 e. The van der Waals surface area contributed by atoms with Crippen LogP contribution in [0.25, 0.3) is 0 Å². The molecule has 0 aliphatic rings. The highest BCUT2D eigenvalue weighted by atomic mass is 32.1. The van der Waals surface area contributed by atoms with Crippen molar-refractivity contribution in [3.05, 3.63) is 29.8 Å². The summed E-state index contributed by atoms with van der Waals surface area (Å²) in [5.41, 5.74) is 7.00. The summed E-state index contributed by atoms with van der Waals surface area (Å²) in [7, 11) is 0. The van der Waals surface area contributed by atoms with Gasteiger partial charge >= 0.3 is 0 Å². The van der Waals surface area contributed by atoms with Crippen LogP contribution in [0.2, 0.25) is 0 Å². The van der Waals surface area contributed by atoms with Crippen molar-refractivity contribution < 1.29 is 9.53 Å². The molecule has 20 heavy (non-hydrogen) atoms. The number of hydrogen-bond acceptors (Lipinski definition) is 3. The van der Waals surface area contributed by atoms with Crippen molar-refractivity contribution in [3.8, 4) is 0 Å². The van der Waals surface area contributed by atoms with Crippen LogP contribution in [0.5, 0.6) is 0 Å². The Morgan fingerprint density at radius 3 is 2.55 bits per heavy atom. The zero-order chi connectivity index (χ0) is 15.0. The normalized spacial score (nSPS) is 11.9. The summed E-state index contributed by atoms with van der Waals surface area (Å²) in [4.78, 5) is 12.3. The molecule has 110 valence electrons. The van der Waals surface area contributed by atoms with Gasteiger partial charge in [0, 0.05) is 17.9 Å². The maximum atomic E-state index is 11.9. The molecule has 0 saturated carbocycles. The first kappa shape index (κ1) is 16.6. The molecule has 3 N–H and O–H groups in total. The van der Waals surface area contributed by atoms with Gasteiger partial charge in [-0.15, -0.1) is 0 Å². The minimum atomic E-state index is -0.456. The average Bonchev–Trinajstić information content (AvgIpc) is 2.44. The zero-order valence-corrected chi connectivity index (χ0v) is 12.8. The van der Waals surface area contributed by atoms with Crippen LogP contribution in [-0.2, 0) is 9.53 Å². The molecule has 1 rings (SSSR count). The molecular weight excluding hydrogens is 272 g/mol. The number of hydrogen-bond donors (Lipinski definition) is 2. The van der Waals surface area contributed by atoms with Gasteiger partial charge in [0.05, 0.1) is 0 Å². The molecule has 0 heterocycles. The minimum absolute atomic E-state index is 0.149. The van der Waals surface area contributed by atoms with Gasteiger partial charge in [0.1, 0.15) is 11.1 Å². The van der Waals surface area contributed by atoms with Crippen LogP contribution in [-0.4, -0.2) is 23.6 Å². The van der Waals surface area contributed by atoms with Gasteiger partial charge in [-0.3, -0.25) is 4.79 Å². The summed E-state index contributed by atoms with van der Waals surface area (Å²) in [6.07, 6.45) is 2.78. The maximum Gasteiger partial charge on any atom is 0.253 e. The van der Waals surface area contributed by atoms with E-state index in [1.165, 1.54) is 0 Å². The second-order valence-corrected chi connectivity index (χ2v) is 5.09. The third-order valence-electron chi connectivity index (χ3n) is 2.92. The summed E-state index contributed by atoms with van der Waals surface area (Å²) in [6, 6.07) is 7.11. The van der Waals surface area contributed by atoms with Gasteiger partial charge in [0.2, 0.25) is 0 Å². The van der Waals surface area contributed by atoms with Crippen molar-refractivity contribution in [2.24, 2.45) is 5.73 Å². The molecule has 0 aliphatic carbocycles. The number of thiocarbonyl (C=S) groups is 1. The summed E-state index contributed by atoms with van der Waals surface area (Å²) < 4.78 is 5.49. The number of rotatable bonds is 8. The first-order valence-electron chi connectivity index (χ1n) is 6.87. The fourth-order valence-corrected chi connectivity index (χ4v) is 1.79. The Morgan fingerprint density at radius 1 is 1.35 bits per heavy atom. The van der Waals surface area contributed by atoms with Crippen molar-refractivity contribution in [3.63, 3.8) is 0 Å². The topological polar surface area (TPSA) is 64.3 Å². The molecule has 0 spiro atoms. The number of ether oxygens (including phenoxy) is 1. The lowest BCUT2D eigenvalue weighted by atomic mass is 10.2. The molecule has 1 aromatic rings. The van der Waals surface area contributed by atoms with Crippen LogP contribution in [0.3, 0.4) is 0 Å². The molecule has 5 heteroatoms. The van der Waals surface area contributed by atoms with E-state index in [1.807, 2.05) is 0 Å². The van der Waals surface area contributed by atoms with Gasteiger partial charge in [0.25, 0.3) is 5.91 Å². The molecular formula is C15H22N2O2S. The Hall–Kier alpha value is -1.46. The Morgan fingerprint density at radius 2 is 2.00 bits per heavy atom. The van der Waals surface area contributed by atoms with Gasteiger partial charge in [-0.1, -0.05) is 32.0 Å². The first-order chi connectivity index (χ1) is 9.54. The third-order valence-corrected chi connectivity index (χ3v) is 3.16. The van der Waals surface area contributed by atoms with Gasteiger partial charge in [0.15, 0.2) is 0 Å². The van der Waals surface area contributed by atoms with Crippen molar-refractivity contribution >= 4 is 28.8 Å². The fraction of sp³-hybridized carbons (Fsp3) is 0.467. The number of benzene rings is 1. The lowest BCUT2D eigenvalue weighted by Crippen LogP contribution is -2.28. The van der Waals surface area contributed by atoms with E-state index >= 15 is 0 Å². The number of carbonyl (C=O) groups is 1. The molecule has 0 radical (unpaired) electrons. The second-order valence-electron chi connectivity index (χ2n) is 4.65. The SMILES string of the molecule is CCCCCOC(C)C(=O)Nc1ccc(C(N)=S)cc1. The molecule has 1 unspecified atom stereocenters. The molecule has 1 amide bonds. The Bertz CT molecular complexity index is 446. The monoisotopic (exact) mass is 294 g/mol.